The van der Waals surface area contributed by atoms with Crippen molar-refractivity contribution in [3.05, 3.63) is 36.2 Å². The van der Waals surface area contributed by atoms with Crippen LogP contribution in [0.2, 0.25) is 0 Å². The first-order chi connectivity index (χ1) is 11.6. The van der Waals surface area contributed by atoms with E-state index >= 15 is 0 Å². The van der Waals surface area contributed by atoms with E-state index in [0.717, 1.165) is 5.70 Å². The van der Waals surface area contributed by atoms with E-state index in [-0.39, 0.29) is 6.54 Å². The number of methoxy groups -OCH3 is 1. The van der Waals surface area contributed by atoms with Crippen LogP contribution < -0.4 is 5.73 Å². The van der Waals surface area contributed by atoms with E-state index < -0.39 is 23.7 Å². The number of hydrogen-bond donors (Lipinski definition) is 1. The number of carbonyl (C=O) groups is 2. The maximum Gasteiger partial charge on any atom is 0.411 e. The molecule has 0 bridgehead atoms. The second-order valence-electron chi connectivity index (χ2n) is 6.69. The molecule has 1 atom stereocenters. The Kier molecular flexibility index (Phi) is 7.09. The number of nitrogens with two attached hydrogens (primary N) is 1. The van der Waals surface area contributed by atoms with Crippen LogP contribution in [0.15, 0.2) is 36.2 Å². The molecule has 1 saturated heterocycles. The summed E-state index contributed by atoms with van der Waals surface area (Å²) in [6.07, 6.45) is 4.67. The van der Waals surface area contributed by atoms with Gasteiger partial charge in [0, 0.05) is 19.6 Å². The standard InChI is InChI=1S/C18H29N3O4/c1-7-9-14(13(19)8-2)20-10-11-21(15(12-20)16(22)24-6)17(23)25-18(3,4)5/h7-9,15H,1,10-12,19H2,2-6H3/b13-8+,14-9+/t15-/m0/s1. The molecule has 0 aromatic rings. The molecule has 1 heterocycles. The van der Waals surface area contributed by atoms with E-state index in [4.69, 9.17) is 15.2 Å². The Morgan fingerprint density at radius 1 is 1.28 bits per heavy atom. The second-order valence-corrected chi connectivity index (χ2v) is 6.69. The van der Waals surface area contributed by atoms with E-state index in [1.165, 1.54) is 12.0 Å². The zero-order chi connectivity index (χ0) is 19.2. The molecule has 0 radical (unpaired) electrons. The van der Waals surface area contributed by atoms with Gasteiger partial charge in [0.25, 0.3) is 0 Å². The van der Waals surface area contributed by atoms with E-state index in [1.807, 2.05) is 11.8 Å². The van der Waals surface area contributed by atoms with Crippen LogP contribution in [0, 0.1) is 0 Å². The maximum atomic E-state index is 12.4. The maximum absolute atomic E-state index is 12.4. The zero-order valence-corrected chi connectivity index (χ0v) is 15.7. The van der Waals surface area contributed by atoms with Crippen LogP contribution in [0.5, 0.6) is 0 Å². The van der Waals surface area contributed by atoms with Gasteiger partial charge in [0.05, 0.1) is 18.5 Å². The molecule has 1 aliphatic rings. The molecule has 1 aliphatic heterocycles. The minimum absolute atomic E-state index is 0.264. The van der Waals surface area contributed by atoms with Gasteiger partial charge in [-0.25, -0.2) is 9.59 Å². The molecule has 25 heavy (non-hydrogen) atoms. The van der Waals surface area contributed by atoms with Gasteiger partial charge in [-0.1, -0.05) is 18.7 Å². The van der Waals surface area contributed by atoms with Crippen molar-refractivity contribution in [2.75, 3.05) is 26.7 Å². The van der Waals surface area contributed by atoms with Crippen molar-refractivity contribution in [2.24, 2.45) is 5.73 Å². The predicted molar refractivity (Wildman–Crippen MR) is 96.5 cm³/mol. The number of nitrogens with zero attached hydrogens (tertiary/aromatic N) is 2. The SMILES string of the molecule is C=C/C=C(\C(N)=C/C)N1CCN(C(=O)OC(C)(C)C)[C@H](C(=O)OC)C1. The number of carbonyl (C=O) groups excluding carboxylic acids is 2. The highest BCUT2D eigenvalue weighted by Gasteiger charge is 2.38. The second kappa shape index (κ2) is 8.60. The third-order valence-corrected chi connectivity index (χ3v) is 3.70. The number of hydrogen-bond acceptors (Lipinski definition) is 6. The van der Waals surface area contributed by atoms with Gasteiger partial charge in [0.15, 0.2) is 6.04 Å². The first-order valence-corrected chi connectivity index (χ1v) is 8.21. The molecule has 0 spiro atoms. The van der Waals surface area contributed by atoms with Crippen LogP contribution >= 0.6 is 0 Å². The van der Waals surface area contributed by atoms with Gasteiger partial charge in [-0.2, -0.15) is 0 Å². The van der Waals surface area contributed by atoms with Crippen LogP contribution in [-0.2, 0) is 14.3 Å². The fourth-order valence-electron chi connectivity index (χ4n) is 2.52. The van der Waals surface area contributed by atoms with Crippen LogP contribution in [0.3, 0.4) is 0 Å². The summed E-state index contributed by atoms with van der Waals surface area (Å²) in [5.41, 5.74) is 6.74. The highest BCUT2D eigenvalue weighted by atomic mass is 16.6. The Bertz CT molecular complexity index is 575. The van der Waals surface area contributed by atoms with Crippen LogP contribution in [0.1, 0.15) is 27.7 Å². The molecule has 0 aromatic heterocycles. The summed E-state index contributed by atoms with van der Waals surface area (Å²) in [5, 5.41) is 0. The lowest BCUT2D eigenvalue weighted by Gasteiger charge is -2.42. The topological polar surface area (TPSA) is 85.1 Å². The van der Waals surface area contributed by atoms with Crippen molar-refractivity contribution in [3.63, 3.8) is 0 Å². The Balaban J connectivity index is 3.07. The smallest absolute Gasteiger partial charge is 0.411 e. The quantitative estimate of drug-likeness (QED) is 0.616. The molecule has 7 heteroatoms. The minimum Gasteiger partial charge on any atom is -0.467 e. The number of rotatable bonds is 4. The Morgan fingerprint density at radius 2 is 1.92 bits per heavy atom. The monoisotopic (exact) mass is 351 g/mol. The third kappa shape index (κ3) is 5.55. The van der Waals surface area contributed by atoms with Crippen molar-refractivity contribution < 1.29 is 19.1 Å². The largest absolute Gasteiger partial charge is 0.467 e. The average molecular weight is 351 g/mol. The number of allylic oxidation sites excluding steroid dienone is 3. The van der Waals surface area contributed by atoms with E-state index in [0.29, 0.717) is 18.8 Å². The first-order valence-electron chi connectivity index (χ1n) is 8.21. The fraction of sp³-hybridized carbons (Fsp3) is 0.556. The van der Waals surface area contributed by atoms with E-state index in [2.05, 4.69) is 6.58 Å². The number of amides is 1. The van der Waals surface area contributed by atoms with E-state index in [9.17, 15) is 9.59 Å². The summed E-state index contributed by atoms with van der Waals surface area (Å²) in [4.78, 5) is 28.0. The number of ether oxygens (including phenoxy) is 2. The van der Waals surface area contributed by atoms with Crippen LogP contribution in [0.25, 0.3) is 0 Å². The van der Waals surface area contributed by atoms with Gasteiger partial charge < -0.3 is 20.1 Å². The molecular formula is C18H29N3O4. The van der Waals surface area contributed by atoms with Crippen LogP contribution in [0.4, 0.5) is 4.79 Å². The summed E-state index contributed by atoms with van der Waals surface area (Å²) in [5.74, 6) is -0.493. The molecule has 7 nitrogen and oxygen atoms in total. The third-order valence-electron chi connectivity index (χ3n) is 3.70. The lowest BCUT2D eigenvalue weighted by Crippen LogP contribution is -2.59. The molecule has 1 fully saturated rings. The van der Waals surface area contributed by atoms with Gasteiger partial charge in [-0.3, -0.25) is 4.90 Å². The highest BCUT2D eigenvalue weighted by molar-refractivity contribution is 5.82. The summed E-state index contributed by atoms with van der Waals surface area (Å²) >= 11 is 0. The van der Waals surface area contributed by atoms with Gasteiger partial charge in [-0.15, -0.1) is 0 Å². The van der Waals surface area contributed by atoms with Crippen molar-refractivity contribution in [1.82, 2.24) is 9.80 Å². The van der Waals surface area contributed by atoms with Crippen molar-refractivity contribution in [3.8, 4) is 0 Å². The summed E-state index contributed by atoms with van der Waals surface area (Å²) in [6, 6.07) is -0.772. The molecule has 0 aliphatic carbocycles. The van der Waals surface area contributed by atoms with Crippen molar-refractivity contribution in [2.45, 2.75) is 39.3 Å². The molecule has 1 amide bonds. The zero-order valence-electron chi connectivity index (χ0n) is 15.7. The lowest BCUT2D eigenvalue weighted by molar-refractivity contribution is -0.148. The predicted octanol–water partition coefficient (Wildman–Crippen LogP) is 2.01. The van der Waals surface area contributed by atoms with Gasteiger partial charge in [-0.05, 0) is 33.8 Å². The highest BCUT2D eigenvalue weighted by Crippen LogP contribution is 2.21. The average Bonchev–Trinajstić information content (AvgIpc) is 2.56. The molecule has 2 N–H and O–H groups in total. The summed E-state index contributed by atoms with van der Waals surface area (Å²) in [6.45, 7) is 12.0. The fourth-order valence-corrected chi connectivity index (χ4v) is 2.52. The first kappa shape index (κ1) is 20.6. The van der Waals surface area contributed by atoms with Gasteiger partial charge in [0.1, 0.15) is 5.60 Å². The van der Waals surface area contributed by atoms with Gasteiger partial charge in [0.2, 0.25) is 0 Å². The summed E-state index contributed by atoms with van der Waals surface area (Å²) in [7, 11) is 1.30. The number of piperazine rings is 1. The number of esters is 1. The minimum atomic E-state index is -0.772. The molecule has 1 rings (SSSR count). The normalized spacial score (nSPS) is 19.5. The van der Waals surface area contributed by atoms with E-state index in [1.54, 1.807) is 39.0 Å². The van der Waals surface area contributed by atoms with Crippen molar-refractivity contribution in [1.29, 1.82) is 0 Å². The van der Waals surface area contributed by atoms with Crippen molar-refractivity contribution >= 4 is 12.1 Å². The molecular weight excluding hydrogens is 322 g/mol. The van der Waals surface area contributed by atoms with Crippen LogP contribution in [-0.4, -0.2) is 60.2 Å². The molecule has 0 saturated carbocycles. The Labute approximate surface area is 149 Å². The summed E-state index contributed by atoms with van der Waals surface area (Å²) < 4.78 is 10.3. The Hall–Kier alpha value is -2.44. The lowest BCUT2D eigenvalue weighted by atomic mass is 10.1. The Morgan fingerprint density at radius 3 is 2.40 bits per heavy atom. The van der Waals surface area contributed by atoms with Gasteiger partial charge >= 0.3 is 12.1 Å². The molecule has 0 unspecified atom stereocenters. The molecule has 140 valence electrons. The molecule has 0 aromatic carbocycles.